The van der Waals surface area contributed by atoms with E-state index in [9.17, 15) is 19.5 Å². The van der Waals surface area contributed by atoms with Gasteiger partial charge in [-0.2, -0.15) is 27.0 Å². The van der Waals surface area contributed by atoms with E-state index in [0.717, 1.165) is 5.56 Å². The Bertz CT molecular complexity index is 887. The Morgan fingerprint density at radius 2 is 1.93 bits per heavy atom. The third-order valence-electron chi connectivity index (χ3n) is 5.16. The normalized spacial score (nSPS) is 20.7. The van der Waals surface area contributed by atoms with Crippen molar-refractivity contribution in [2.75, 3.05) is 13.2 Å². The van der Waals surface area contributed by atoms with Crippen molar-refractivity contribution in [3.63, 3.8) is 0 Å². The van der Waals surface area contributed by atoms with Gasteiger partial charge < -0.3 is 24.5 Å². The van der Waals surface area contributed by atoms with Crippen LogP contribution < -0.4 is 5.32 Å². The van der Waals surface area contributed by atoms with Crippen molar-refractivity contribution >= 4 is 44.6 Å². The molecule has 0 spiro atoms. The number of hydrogen-bond acceptors (Lipinski definition) is 6. The van der Waals surface area contributed by atoms with Gasteiger partial charge in [0.1, 0.15) is 30.7 Å². The summed E-state index contributed by atoms with van der Waals surface area (Å²) in [5.41, 5.74) is 1.08. The zero-order valence-electron chi connectivity index (χ0n) is 16.0. The fourth-order valence-corrected chi connectivity index (χ4v) is 3.74. The van der Waals surface area contributed by atoms with Gasteiger partial charge in [-0.1, -0.05) is 12.1 Å². The molecule has 8 nitrogen and oxygen atoms in total. The molecule has 30 heavy (non-hydrogen) atoms. The summed E-state index contributed by atoms with van der Waals surface area (Å²) < 4.78 is 10.4. The largest absolute Gasteiger partial charge is 0.508 e. The zero-order chi connectivity index (χ0) is 19.7. The van der Waals surface area contributed by atoms with Crippen LogP contribution in [0.2, 0.25) is 0 Å². The summed E-state index contributed by atoms with van der Waals surface area (Å²) in [5.74, 6) is -0.752. The minimum atomic E-state index is -0.862. The van der Waals surface area contributed by atoms with E-state index < -0.39 is 18.0 Å². The number of fused-ring (bicyclic) bond motifs is 1. The lowest BCUT2D eigenvalue weighted by molar-refractivity contribution is -0.138. The first-order valence-electron chi connectivity index (χ1n) is 9.08. The Kier molecular flexibility index (Phi) is 7.99. The maximum atomic E-state index is 13.2. The Hall–Kier alpha value is -2.43. The number of carbonyl (C=O) groups excluding carboxylic acids is 3. The van der Waals surface area contributed by atoms with Crippen LogP contribution in [-0.2, 0) is 20.7 Å². The molecule has 3 heterocycles. The summed E-state index contributed by atoms with van der Waals surface area (Å²) in [7, 11) is 0. The molecule has 162 valence electrons. The van der Waals surface area contributed by atoms with E-state index in [-0.39, 0.29) is 63.6 Å². The van der Waals surface area contributed by atoms with Gasteiger partial charge in [-0.3, -0.25) is 14.4 Å². The van der Waals surface area contributed by atoms with Crippen molar-refractivity contribution in [1.82, 2.24) is 10.2 Å². The van der Waals surface area contributed by atoms with Gasteiger partial charge in [0.2, 0.25) is 5.91 Å². The highest BCUT2D eigenvalue weighted by Crippen LogP contribution is 2.28. The number of hydrogen-bond donors (Lipinski definition) is 2. The minimum Gasteiger partial charge on any atom is -0.508 e. The molecule has 2 N–H and O–H groups in total. The van der Waals surface area contributed by atoms with Gasteiger partial charge in [0.15, 0.2) is 5.78 Å². The number of benzene rings is 1. The highest BCUT2D eigenvalue weighted by atomic mass is 32.1. The first kappa shape index (κ1) is 23.8. The standard InChI is InChI=1S/C20H20N2O6.2H2S/c23-14-3-1-12(2-4-14)9-15(21-19(25)13-6-8-27-10-13)20(26)22-7-5-17-18(22)16(24)11-28-17;;/h1-4,6,8,10,15,17-18,23H,5,7,9,11H2,(H,21,25);2*1H2/t15-,17+,18+;;/m0../s1. The monoisotopic (exact) mass is 452 g/mol. The third kappa shape index (κ3) is 4.82. The topological polar surface area (TPSA) is 109 Å². The van der Waals surface area contributed by atoms with Crippen LogP contribution in [0.5, 0.6) is 5.75 Å². The van der Waals surface area contributed by atoms with Crippen LogP contribution in [-0.4, -0.2) is 58.9 Å². The number of aromatic hydroxyl groups is 1. The van der Waals surface area contributed by atoms with Crippen molar-refractivity contribution in [1.29, 1.82) is 0 Å². The number of nitrogens with one attached hydrogen (secondary N) is 1. The van der Waals surface area contributed by atoms with Crippen LogP contribution in [0.25, 0.3) is 0 Å². The van der Waals surface area contributed by atoms with E-state index in [1.165, 1.54) is 35.6 Å². The fraction of sp³-hybridized carbons (Fsp3) is 0.350. The number of ketones is 1. The second-order valence-corrected chi connectivity index (χ2v) is 6.99. The molecular weight excluding hydrogens is 428 g/mol. The van der Waals surface area contributed by atoms with E-state index in [0.29, 0.717) is 18.5 Å². The summed E-state index contributed by atoms with van der Waals surface area (Å²) in [6, 6.07) is 6.49. The molecule has 10 heteroatoms. The molecule has 0 unspecified atom stereocenters. The Labute approximate surface area is 187 Å². The van der Waals surface area contributed by atoms with E-state index >= 15 is 0 Å². The van der Waals surface area contributed by atoms with Crippen molar-refractivity contribution < 1.29 is 28.6 Å². The van der Waals surface area contributed by atoms with E-state index in [1.807, 2.05) is 0 Å². The average molecular weight is 453 g/mol. The van der Waals surface area contributed by atoms with Gasteiger partial charge in [-0.25, -0.2) is 0 Å². The highest BCUT2D eigenvalue weighted by Gasteiger charge is 2.48. The second kappa shape index (κ2) is 10.1. The number of phenols is 1. The Morgan fingerprint density at radius 3 is 2.60 bits per heavy atom. The average Bonchev–Trinajstić information content (AvgIpc) is 3.42. The van der Waals surface area contributed by atoms with Crippen LogP contribution in [0.15, 0.2) is 47.3 Å². The van der Waals surface area contributed by atoms with Crippen LogP contribution in [0.1, 0.15) is 22.3 Å². The summed E-state index contributed by atoms with van der Waals surface area (Å²) >= 11 is 0. The molecule has 1 aromatic heterocycles. The summed E-state index contributed by atoms with van der Waals surface area (Å²) in [5, 5.41) is 12.2. The molecule has 2 aromatic rings. The maximum absolute atomic E-state index is 13.2. The van der Waals surface area contributed by atoms with Crippen molar-refractivity contribution in [3.05, 3.63) is 54.0 Å². The molecule has 2 saturated heterocycles. The van der Waals surface area contributed by atoms with Gasteiger partial charge in [-0.05, 0) is 30.2 Å². The van der Waals surface area contributed by atoms with E-state index in [1.54, 1.807) is 12.1 Å². The number of rotatable bonds is 5. The molecule has 0 saturated carbocycles. The van der Waals surface area contributed by atoms with Crippen LogP contribution >= 0.6 is 27.0 Å². The summed E-state index contributed by atoms with van der Waals surface area (Å²) in [4.78, 5) is 39.4. The SMILES string of the molecule is O=C(N[C@@H](Cc1ccc(O)cc1)C(=O)N1CC[C@H]2OCC(=O)[C@H]21)c1ccoc1.S.S. The molecule has 0 radical (unpaired) electrons. The van der Waals surface area contributed by atoms with Crippen LogP contribution in [0.3, 0.4) is 0 Å². The van der Waals surface area contributed by atoms with Crippen LogP contribution in [0.4, 0.5) is 0 Å². The van der Waals surface area contributed by atoms with Crippen molar-refractivity contribution in [3.8, 4) is 5.75 Å². The number of Topliss-reactive ketones (excluding diaryl/α,β-unsaturated/α-hetero) is 1. The first-order chi connectivity index (χ1) is 13.5. The first-order valence-corrected chi connectivity index (χ1v) is 9.08. The highest BCUT2D eigenvalue weighted by molar-refractivity contribution is 7.59. The molecule has 4 rings (SSSR count). The smallest absolute Gasteiger partial charge is 0.255 e. The Morgan fingerprint density at radius 1 is 1.20 bits per heavy atom. The molecule has 2 fully saturated rings. The Balaban J connectivity index is 0.00000160. The van der Waals surface area contributed by atoms with Gasteiger partial charge in [-0.15, -0.1) is 0 Å². The molecular formula is C20H24N2O6S2. The summed E-state index contributed by atoms with van der Waals surface area (Å²) in [6.45, 7) is 0.427. The zero-order valence-corrected chi connectivity index (χ0v) is 18.0. The molecule has 3 atom stereocenters. The summed E-state index contributed by atoms with van der Waals surface area (Å²) in [6.07, 6.45) is 3.24. The predicted octanol–water partition coefficient (Wildman–Crippen LogP) is 1.12. The van der Waals surface area contributed by atoms with Crippen molar-refractivity contribution in [2.24, 2.45) is 0 Å². The number of furan rings is 1. The van der Waals surface area contributed by atoms with E-state index in [4.69, 9.17) is 9.15 Å². The van der Waals surface area contributed by atoms with Gasteiger partial charge in [0, 0.05) is 13.0 Å². The predicted molar refractivity (Wildman–Crippen MR) is 117 cm³/mol. The molecule has 0 bridgehead atoms. The number of ether oxygens (including phenoxy) is 1. The molecule has 2 aliphatic heterocycles. The van der Waals surface area contributed by atoms with Gasteiger partial charge in [0.25, 0.3) is 5.91 Å². The number of amides is 2. The molecule has 0 aliphatic carbocycles. The van der Waals surface area contributed by atoms with Crippen LogP contribution in [0, 0.1) is 0 Å². The van der Waals surface area contributed by atoms with Gasteiger partial charge >= 0.3 is 0 Å². The lowest BCUT2D eigenvalue weighted by atomic mass is 10.0. The number of likely N-dealkylation sites (tertiary alicyclic amines) is 1. The molecule has 1 aromatic carbocycles. The maximum Gasteiger partial charge on any atom is 0.255 e. The third-order valence-corrected chi connectivity index (χ3v) is 5.16. The number of nitrogens with zero attached hydrogens (tertiary/aromatic N) is 1. The fourth-order valence-electron chi connectivity index (χ4n) is 3.74. The molecule has 2 aliphatic rings. The number of carbonyl (C=O) groups is 3. The number of phenolic OH excluding ortho intramolecular Hbond substituents is 1. The lowest BCUT2D eigenvalue weighted by Gasteiger charge is -2.27. The minimum absolute atomic E-state index is 0. The second-order valence-electron chi connectivity index (χ2n) is 6.99. The van der Waals surface area contributed by atoms with E-state index in [2.05, 4.69) is 5.32 Å². The lowest BCUT2D eigenvalue weighted by Crippen LogP contribution is -2.53. The molecule has 2 amide bonds. The van der Waals surface area contributed by atoms with Crippen molar-refractivity contribution in [2.45, 2.75) is 31.0 Å². The van der Waals surface area contributed by atoms with Gasteiger partial charge in [0.05, 0.1) is 17.9 Å². The quantitative estimate of drug-likeness (QED) is 0.704.